The van der Waals surface area contributed by atoms with Crippen molar-refractivity contribution in [2.24, 2.45) is 0 Å². The van der Waals surface area contributed by atoms with Crippen LogP contribution in [-0.4, -0.2) is 41.5 Å². The largest absolute Gasteiger partial charge is 0.497 e. The zero-order valence-electron chi connectivity index (χ0n) is 19.7. The number of nitrogens with one attached hydrogen (secondary N) is 1. The quantitative estimate of drug-likeness (QED) is 0.363. The molecule has 0 spiro atoms. The Hall–Kier alpha value is -4.24. The van der Waals surface area contributed by atoms with Crippen molar-refractivity contribution >= 4 is 39.3 Å². The van der Waals surface area contributed by atoms with Gasteiger partial charge in [-0.05, 0) is 54.3 Å². The van der Waals surface area contributed by atoms with E-state index >= 15 is 0 Å². The molecule has 0 bridgehead atoms. The molecule has 1 N–H and O–H groups in total. The van der Waals surface area contributed by atoms with Crippen molar-refractivity contribution in [3.8, 4) is 16.9 Å². The Morgan fingerprint density at radius 2 is 1.92 bits per heavy atom. The van der Waals surface area contributed by atoms with Gasteiger partial charge in [-0.2, -0.15) is 9.61 Å². The van der Waals surface area contributed by atoms with Gasteiger partial charge in [-0.3, -0.25) is 9.36 Å². The third kappa shape index (κ3) is 3.59. The van der Waals surface area contributed by atoms with E-state index in [0.29, 0.717) is 35.7 Å². The van der Waals surface area contributed by atoms with Crippen LogP contribution in [0, 0.1) is 0 Å². The predicted octanol–water partition coefficient (Wildman–Crippen LogP) is 4.45. The van der Waals surface area contributed by atoms with Gasteiger partial charge in [0.15, 0.2) is 16.8 Å². The maximum absolute atomic E-state index is 13.3. The van der Waals surface area contributed by atoms with Gasteiger partial charge >= 0.3 is 0 Å². The lowest BCUT2D eigenvalue weighted by Crippen LogP contribution is -2.23. The fourth-order valence-electron chi connectivity index (χ4n) is 4.55. The fraction of sp³-hybridized carbons (Fsp3) is 0.192. The second-order valence-electron chi connectivity index (χ2n) is 8.51. The number of methoxy groups -OCH3 is 1. The number of halogens is 1. The van der Waals surface area contributed by atoms with E-state index in [1.54, 1.807) is 22.5 Å². The lowest BCUT2D eigenvalue weighted by atomic mass is 10.0. The SMILES string of the molecule is CCc1nn2c(nnc3c(=O)n(CCc4c[nH]c5ccc(OC)cc45)cnc32)c1-c1ccc(Cl)cc1. The number of H-pyrrole nitrogens is 1. The summed E-state index contributed by atoms with van der Waals surface area (Å²) >= 11 is 6.07. The number of rotatable bonds is 6. The van der Waals surface area contributed by atoms with E-state index in [0.717, 1.165) is 39.0 Å². The van der Waals surface area contributed by atoms with Crippen LogP contribution in [-0.2, 0) is 19.4 Å². The highest BCUT2D eigenvalue weighted by molar-refractivity contribution is 6.30. The molecule has 0 unspecified atom stereocenters. The van der Waals surface area contributed by atoms with E-state index in [1.165, 1.54) is 0 Å². The van der Waals surface area contributed by atoms with Crippen molar-refractivity contribution in [3.63, 3.8) is 0 Å². The summed E-state index contributed by atoms with van der Waals surface area (Å²) in [5.74, 6) is 0.788. The number of nitrogens with zero attached hydrogens (tertiary/aromatic N) is 6. The summed E-state index contributed by atoms with van der Waals surface area (Å²) in [6, 6.07) is 13.4. The summed E-state index contributed by atoms with van der Waals surface area (Å²) in [5, 5.41) is 15.1. The Morgan fingerprint density at radius 1 is 1.08 bits per heavy atom. The molecule has 10 heteroatoms. The number of aryl methyl sites for hydroxylation is 3. The number of fused-ring (bicyclic) bond motifs is 4. The van der Waals surface area contributed by atoms with Crippen molar-refractivity contribution in [2.45, 2.75) is 26.3 Å². The van der Waals surface area contributed by atoms with Gasteiger partial charge in [-0.1, -0.05) is 30.7 Å². The molecule has 0 amide bonds. The van der Waals surface area contributed by atoms with Gasteiger partial charge in [0.2, 0.25) is 0 Å². The van der Waals surface area contributed by atoms with Gasteiger partial charge in [-0.15, -0.1) is 10.2 Å². The van der Waals surface area contributed by atoms with E-state index in [9.17, 15) is 4.79 Å². The maximum atomic E-state index is 13.3. The first-order valence-corrected chi connectivity index (χ1v) is 12.0. The van der Waals surface area contributed by atoms with E-state index in [4.69, 9.17) is 21.4 Å². The Balaban J connectivity index is 1.39. The minimum Gasteiger partial charge on any atom is -0.497 e. The second kappa shape index (κ2) is 8.76. The summed E-state index contributed by atoms with van der Waals surface area (Å²) in [6.07, 6.45) is 4.84. The fourth-order valence-corrected chi connectivity index (χ4v) is 4.68. The Kier molecular flexibility index (Phi) is 5.41. The summed E-state index contributed by atoms with van der Waals surface area (Å²) in [7, 11) is 1.65. The molecule has 9 nitrogen and oxygen atoms in total. The average Bonchev–Trinajstić information content (AvgIpc) is 3.49. The summed E-state index contributed by atoms with van der Waals surface area (Å²) < 4.78 is 8.53. The van der Waals surface area contributed by atoms with Crippen LogP contribution >= 0.6 is 11.6 Å². The molecular formula is C26H22ClN7O2. The zero-order chi connectivity index (χ0) is 24.8. The molecule has 180 valence electrons. The van der Waals surface area contributed by atoms with Crippen LogP contribution in [0.1, 0.15) is 18.2 Å². The van der Waals surface area contributed by atoms with Crippen LogP contribution < -0.4 is 10.3 Å². The maximum Gasteiger partial charge on any atom is 0.283 e. The molecule has 0 aliphatic carbocycles. The van der Waals surface area contributed by atoms with Gasteiger partial charge in [0.25, 0.3) is 5.56 Å². The van der Waals surface area contributed by atoms with Crippen LogP contribution in [0.3, 0.4) is 0 Å². The molecule has 36 heavy (non-hydrogen) atoms. The van der Waals surface area contributed by atoms with Gasteiger partial charge in [0.1, 0.15) is 12.1 Å². The number of aromatic nitrogens is 7. The van der Waals surface area contributed by atoms with Gasteiger partial charge in [-0.25, -0.2) is 4.98 Å². The van der Waals surface area contributed by atoms with E-state index in [2.05, 4.69) is 20.2 Å². The second-order valence-corrected chi connectivity index (χ2v) is 8.94. The van der Waals surface area contributed by atoms with Crippen LogP contribution in [0.5, 0.6) is 5.75 Å². The highest BCUT2D eigenvalue weighted by Gasteiger charge is 2.19. The minimum atomic E-state index is -0.256. The number of ether oxygens (including phenoxy) is 1. The number of benzene rings is 2. The van der Waals surface area contributed by atoms with Gasteiger partial charge in [0.05, 0.1) is 18.4 Å². The monoisotopic (exact) mass is 499 g/mol. The number of hydrogen-bond donors (Lipinski definition) is 1. The minimum absolute atomic E-state index is 0.179. The van der Waals surface area contributed by atoms with Gasteiger partial charge in [0, 0.05) is 28.7 Å². The Morgan fingerprint density at radius 3 is 2.69 bits per heavy atom. The van der Waals surface area contributed by atoms with E-state index in [-0.39, 0.29) is 11.1 Å². The Labute approximate surface area is 210 Å². The summed E-state index contributed by atoms with van der Waals surface area (Å²) in [6.45, 7) is 2.47. The third-order valence-corrected chi connectivity index (χ3v) is 6.69. The third-order valence-electron chi connectivity index (χ3n) is 6.44. The highest BCUT2D eigenvalue weighted by Crippen LogP contribution is 2.29. The van der Waals surface area contributed by atoms with Crippen LogP contribution in [0.25, 0.3) is 38.8 Å². The first kappa shape index (κ1) is 22.2. The van der Waals surface area contributed by atoms with Crippen molar-refractivity contribution in [2.75, 3.05) is 7.11 Å². The molecule has 2 aromatic carbocycles. The summed E-state index contributed by atoms with van der Waals surface area (Å²) in [4.78, 5) is 21.1. The van der Waals surface area contributed by atoms with Crippen molar-refractivity contribution in [3.05, 3.63) is 81.6 Å². The normalized spacial score (nSPS) is 11.6. The molecule has 6 rings (SSSR count). The summed E-state index contributed by atoms with van der Waals surface area (Å²) in [5.41, 5.74) is 5.61. The first-order chi connectivity index (χ1) is 17.6. The lowest BCUT2D eigenvalue weighted by Gasteiger charge is -2.07. The molecule has 0 radical (unpaired) electrons. The average molecular weight is 500 g/mol. The molecule has 0 atom stereocenters. The first-order valence-electron chi connectivity index (χ1n) is 11.6. The van der Waals surface area contributed by atoms with E-state index in [1.807, 2.05) is 55.6 Å². The number of hydrogen-bond acceptors (Lipinski definition) is 6. The molecule has 0 aliphatic heterocycles. The van der Waals surface area contributed by atoms with E-state index < -0.39 is 0 Å². The molecule has 0 fully saturated rings. The molecule has 0 aliphatic rings. The lowest BCUT2D eigenvalue weighted by molar-refractivity contribution is 0.415. The predicted molar refractivity (Wildman–Crippen MR) is 139 cm³/mol. The standard InChI is InChI=1S/C26H22ClN7O2/c1-3-20-22(15-4-6-17(27)7-5-15)24-31-30-23-25(34(24)32-20)29-14-33(26(23)35)11-10-16-13-28-21-9-8-18(36-2)12-19(16)21/h4-9,12-14,28H,3,10-11H2,1-2H3. The molecule has 6 aromatic rings. The van der Waals surface area contributed by atoms with Crippen LogP contribution in [0.15, 0.2) is 59.8 Å². The van der Waals surface area contributed by atoms with Crippen molar-refractivity contribution in [1.82, 2.24) is 34.3 Å². The molecule has 4 heterocycles. The van der Waals surface area contributed by atoms with Gasteiger partial charge < -0.3 is 9.72 Å². The topological polar surface area (TPSA) is 103 Å². The zero-order valence-corrected chi connectivity index (χ0v) is 20.5. The molecule has 4 aromatic heterocycles. The smallest absolute Gasteiger partial charge is 0.283 e. The number of aromatic amines is 1. The molecule has 0 saturated heterocycles. The Bertz CT molecular complexity index is 1800. The van der Waals surface area contributed by atoms with Crippen molar-refractivity contribution < 1.29 is 4.74 Å². The highest BCUT2D eigenvalue weighted by atomic mass is 35.5. The molecule has 0 saturated carbocycles. The van der Waals surface area contributed by atoms with Crippen molar-refractivity contribution in [1.29, 1.82) is 0 Å². The molecular weight excluding hydrogens is 478 g/mol. The van der Waals surface area contributed by atoms with Crippen LogP contribution in [0.4, 0.5) is 0 Å². The van der Waals surface area contributed by atoms with Crippen LogP contribution in [0.2, 0.25) is 5.02 Å².